The van der Waals surface area contributed by atoms with Crippen LogP contribution < -0.4 is 0 Å². The van der Waals surface area contributed by atoms with Crippen molar-refractivity contribution >= 4 is 5.91 Å². The largest absolute Gasteiger partial charge is 0.339 e. The highest BCUT2D eigenvalue weighted by Crippen LogP contribution is 2.52. The summed E-state index contributed by atoms with van der Waals surface area (Å²) in [6.45, 7) is 11.7. The van der Waals surface area contributed by atoms with Gasteiger partial charge < -0.3 is 9.80 Å². The summed E-state index contributed by atoms with van der Waals surface area (Å²) in [5.41, 5.74) is 0.752. The first kappa shape index (κ1) is 18.5. The van der Waals surface area contributed by atoms with Gasteiger partial charge in [0.2, 0.25) is 5.91 Å². The maximum absolute atomic E-state index is 13.3. The van der Waals surface area contributed by atoms with Crippen LogP contribution in [-0.4, -0.2) is 47.9 Å². The van der Waals surface area contributed by atoms with Crippen molar-refractivity contribution in [3.8, 4) is 0 Å². The van der Waals surface area contributed by atoms with E-state index in [4.69, 9.17) is 0 Å². The predicted molar refractivity (Wildman–Crippen MR) is 107 cm³/mol. The molecule has 0 aromatic carbocycles. The van der Waals surface area contributed by atoms with Crippen LogP contribution >= 0.6 is 0 Å². The first-order valence-electron chi connectivity index (χ1n) is 11.0. The number of allylic oxidation sites excluding steroid dienone is 2. The Balaban J connectivity index is 1.31. The molecule has 2 bridgehead atoms. The minimum atomic E-state index is 0.281. The fourth-order valence-electron chi connectivity index (χ4n) is 6.70. The van der Waals surface area contributed by atoms with E-state index >= 15 is 0 Å². The van der Waals surface area contributed by atoms with Crippen LogP contribution in [0.3, 0.4) is 0 Å². The number of fused-ring (bicyclic) bond motifs is 2. The molecule has 0 unspecified atom stereocenters. The van der Waals surface area contributed by atoms with Crippen molar-refractivity contribution in [1.82, 2.24) is 9.80 Å². The van der Waals surface area contributed by atoms with Crippen LogP contribution in [0.2, 0.25) is 0 Å². The lowest BCUT2D eigenvalue weighted by Gasteiger charge is -2.40. The van der Waals surface area contributed by atoms with Crippen LogP contribution in [0.5, 0.6) is 0 Å². The van der Waals surface area contributed by atoms with Gasteiger partial charge in [0.15, 0.2) is 0 Å². The third-order valence-electron chi connectivity index (χ3n) is 7.53. The third-order valence-corrected chi connectivity index (χ3v) is 7.53. The Morgan fingerprint density at radius 1 is 1.08 bits per heavy atom. The molecular weight excluding hydrogens is 320 g/mol. The molecule has 2 aliphatic carbocycles. The highest BCUT2D eigenvalue weighted by molar-refractivity contribution is 5.79. The number of hydrogen-bond donors (Lipinski definition) is 0. The van der Waals surface area contributed by atoms with E-state index in [9.17, 15) is 4.79 Å². The van der Waals surface area contributed by atoms with Gasteiger partial charge in [-0.1, -0.05) is 32.9 Å². The van der Waals surface area contributed by atoms with Crippen LogP contribution in [0.15, 0.2) is 12.2 Å². The molecule has 4 aliphatic rings. The molecule has 0 radical (unpaired) electrons. The molecule has 4 rings (SSSR count). The number of nitrogens with zero attached hydrogens (tertiary/aromatic N) is 2. The van der Waals surface area contributed by atoms with Gasteiger partial charge >= 0.3 is 0 Å². The number of likely N-dealkylation sites (tertiary alicyclic amines) is 2. The first-order valence-corrected chi connectivity index (χ1v) is 11.0. The number of carbonyl (C=O) groups excluding carboxylic acids is 1. The standard InChI is InChI=1S/C23H38N2O/c1-22(2)13-20-14-23(3,16-22)17-25(20)21(26)19-9-11-24(12-10-19)15-18-7-5-4-6-8-18/h4-5,18-20H,6-17H2,1-3H3/t18-,20+,23+/m0/s1. The fourth-order valence-corrected chi connectivity index (χ4v) is 6.70. The average Bonchev–Trinajstić information content (AvgIpc) is 2.85. The van der Waals surface area contributed by atoms with E-state index in [1.54, 1.807) is 0 Å². The predicted octanol–water partition coefficient (Wildman–Crippen LogP) is 4.48. The summed E-state index contributed by atoms with van der Waals surface area (Å²) in [7, 11) is 0. The van der Waals surface area contributed by atoms with E-state index in [-0.39, 0.29) is 5.92 Å². The van der Waals surface area contributed by atoms with Crippen LogP contribution in [0.25, 0.3) is 0 Å². The molecule has 2 saturated heterocycles. The van der Waals surface area contributed by atoms with Gasteiger partial charge in [0, 0.05) is 25.0 Å². The second-order valence-corrected chi connectivity index (χ2v) is 10.9. The molecule has 3 nitrogen and oxygen atoms in total. The Labute approximate surface area is 160 Å². The molecule has 0 spiro atoms. The van der Waals surface area contributed by atoms with E-state index in [1.807, 2.05) is 0 Å². The third kappa shape index (κ3) is 3.88. The normalized spacial score (nSPS) is 37.9. The maximum atomic E-state index is 13.3. The molecule has 146 valence electrons. The Hall–Kier alpha value is -0.830. The SMILES string of the molecule is CC1(C)C[C@@H]2C[C@@](C)(CN2C(=O)C2CCN(C[C@H]3CC=CCC3)CC2)C1. The van der Waals surface area contributed by atoms with Gasteiger partial charge in [0.25, 0.3) is 0 Å². The Morgan fingerprint density at radius 2 is 1.85 bits per heavy atom. The van der Waals surface area contributed by atoms with E-state index in [0.29, 0.717) is 22.8 Å². The summed E-state index contributed by atoms with van der Waals surface area (Å²) in [5.74, 6) is 1.60. The van der Waals surface area contributed by atoms with Crippen molar-refractivity contribution in [3.05, 3.63) is 12.2 Å². The van der Waals surface area contributed by atoms with Crippen molar-refractivity contribution in [2.24, 2.45) is 22.7 Å². The number of amides is 1. The molecule has 0 N–H and O–H groups in total. The van der Waals surface area contributed by atoms with Gasteiger partial charge in [-0.05, 0) is 81.2 Å². The Morgan fingerprint density at radius 3 is 2.54 bits per heavy atom. The highest BCUT2D eigenvalue weighted by atomic mass is 16.2. The van der Waals surface area contributed by atoms with Gasteiger partial charge in [-0.2, -0.15) is 0 Å². The van der Waals surface area contributed by atoms with Crippen molar-refractivity contribution in [1.29, 1.82) is 0 Å². The monoisotopic (exact) mass is 358 g/mol. The van der Waals surface area contributed by atoms with Crippen molar-refractivity contribution in [2.75, 3.05) is 26.2 Å². The fraction of sp³-hybridized carbons (Fsp3) is 0.870. The Bertz CT molecular complexity index is 561. The average molecular weight is 359 g/mol. The van der Waals surface area contributed by atoms with Crippen LogP contribution in [0.1, 0.15) is 72.1 Å². The highest BCUT2D eigenvalue weighted by Gasteiger charge is 2.51. The zero-order chi connectivity index (χ0) is 18.4. The van der Waals surface area contributed by atoms with Crippen LogP contribution in [0, 0.1) is 22.7 Å². The summed E-state index contributed by atoms with van der Waals surface area (Å²) in [6.07, 6.45) is 14.4. The minimum Gasteiger partial charge on any atom is -0.339 e. The van der Waals surface area contributed by atoms with Crippen molar-refractivity contribution in [3.63, 3.8) is 0 Å². The first-order chi connectivity index (χ1) is 12.3. The second-order valence-electron chi connectivity index (χ2n) is 10.9. The molecule has 1 amide bonds. The molecule has 2 heterocycles. The Kier molecular flexibility index (Phi) is 4.96. The smallest absolute Gasteiger partial charge is 0.226 e. The molecular formula is C23H38N2O. The zero-order valence-corrected chi connectivity index (χ0v) is 17.2. The lowest BCUT2D eigenvalue weighted by molar-refractivity contribution is -0.138. The van der Waals surface area contributed by atoms with E-state index in [0.717, 1.165) is 38.4 Å². The quantitative estimate of drug-likeness (QED) is 0.694. The van der Waals surface area contributed by atoms with Gasteiger partial charge in [-0.3, -0.25) is 4.79 Å². The van der Waals surface area contributed by atoms with Gasteiger partial charge in [-0.15, -0.1) is 0 Å². The van der Waals surface area contributed by atoms with Gasteiger partial charge in [0.05, 0.1) is 0 Å². The van der Waals surface area contributed by atoms with Crippen LogP contribution in [-0.2, 0) is 4.79 Å². The van der Waals surface area contributed by atoms with Crippen molar-refractivity contribution in [2.45, 2.75) is 78.2 Å². The maximum Gasteiger partial charge on any atom is 0.226 e. The molecule has 0 aromatic heterocycles. The summed E-state index contributed by atoms with van der Waals surface area (Å²) in [4.78, 5) is 18.2. The molecule has 1 saturated carbocycles. The van der Waals surface area contributed by atoms with Gasteiger partial charge in [-0.25, -0.2) is 0 Å². The molecule has 3 fully saturated rings. The van der Waals surface area contributed by atoms with Crippen molar-refractivity contribution < 1.29 is 4.79 Å². The van der Waals surface area contributed by atoms with Gasteiger partial charge in [0.1, 0.15) is 0 Å². The number of hydrogen-bond acceptors (Lipinski definition) is 2. The molecule has 3 heteroatoms. The summed E-state index contributed by atoms with van der Waals surface area (Å²) >= 11 is 0. The lowest BCUT2D eigenvalue weighted by Crippen LogP contribution is -2.45. The number of carbonyl (C=O) groups is 1. The molecule has 0 aromatic rings. The van der Waals surface area contributed by atoms with E-state index in [2.05, 4.69) is 42.7 Å². The topological polar surface area (TPSA) is 23.6 Å². The number of rotatable bonds is 3. The minimum absolute atomic E-state index is 0.281. The number of piperidine rings is 1. The van der Waals surface area contributed by atoms with Crippen LogP contribution in [0.4, 0.5) is 0 Å². The zero-order valence-electron chi connectivity index (χ0n) is 17.2. The summed E-state index contributed by atoms with van der Waals surface area (Å²) < 4.78 is 0. The summed E-state index contributed by atoms with van der Waals surface area (Å²) in [5, 5.41) is 0. The summed E-state index contributed by atoms with van der Waals surface area (Å²) in [6, 6.07) is 0.503. The molecule has 26 heavy (non-hydrogen) atoms. The van der Waals surface area contributed by atoms with E-state index in [1.165, 1.54) is 45.1 Å². The van der Waals surface area contributed by atoms with E-state index < -0.39 is 0 Å². The molecule has 2 aliphatic heterocycles. The molecule has 3 atom stereocenters. The second kappa shape index (κ2) is 6.96. The lowest BCUT2D eigenvalue weighted by atomic mass is 9.65.